The van der Waals surface area contributed by atoms with E-state index in [1.165, 1.54) is 62.6 Å². The van der Waals surface area contributed by atoms with Gasteiger partial charge >= 0.3 is 0 Å². The van der Waals surface area contributed by atoms with Crippen molar-refractivity contribution in [2.24, 2.45) is 5.92 Å². The molecule has 0 radical (unpaired) electrons. The third-order valence-corrected chi connectivity index (χ3v) is 9.56. The van der Waals surface area contributed by atoms with Gasteiger partial charge in [-0.25, -0.2) is 0 Å². The Morgan fingerprint density at radius 1 is 1.11 bits per heavy atom. The molecule has 0 aromatic rings. The molecule has 37 heavy (non-hydrogen) atoms. The van der Waals surface area contributed by atoms with Crippen LogP contribution in [-0.4, -0.2) is 59.5 Å². The van der Waals surface area contributed by atoms with Crippen LogP contribution in [0.2, 0.25) is 0 Å². The van der Waals surface area contributed by atoms with Crippen LogP contribution >= 0.6 is 0 Å². The van der Waals surface area contributed by atoms with Crippen molar-refractivity contribution in [1.82, 2.24) is 15.1 Å². The predicted molar refractivity (Wildman–Crippen MR) is 154 cm³/mol. The molecule has 2 aliphatic heterocycles. The van der Waals surface area contributed by atoms with Crippen LogP contribution in [0.5, 0.6) is 0 Å². The van der Waals surface area contributed by atoms with Gasteiger partial charge in [0.1, 0.15) is 0 Å². The SMILES string of the molecule is C=CCN1CCC2CCC(C1)N2C(C1=CCC(C(=O)NC2CCCCCC2)C=C1)C1=CC(CC)=CCC1. The van der Waals surface area contributed by atoms with E-state index in [-0.39, 0.29) is 11.8 Å². The van der Waals surface area contributed by atoms with Crippen molar-refractivity contribution in [2.75, 3.05) is 19.6 Å². The zero-order valence-corrected chi connectivity index (χ0v) is 23.2. The standard InChI is InChI=1S/C33H49N3O/c1-3-21-35-22-20-30-18-19-31(24-35)36(30)32(28-11-9-10-25(4-2)23-28)26-14-16-27(17-15-26)33(37)34-29-12-7-5-6-8-13-29/h3,10,14-16,23,27,29-32H,1,4-9,11-13,17-22,24H2,2H3,(H,34,37). The lowest BCUT2D eigenvalue weighted by Crippen LogP contribution is -2.48. The van der Waals surface area contributed by atoms with Gasteiger partial charge in [-0.2, -0.15) is 0 Å². The summed E-state index contributed by atoms with van der Waals surface area (Å²) >= 11 is 0. The Labute approximate surface area is 225 Å². The minimum Gasteiger partial charge on any atom is -0.353 e. The van der Waals surface area contributed by atoms with Crippen molar-refractivity contribution in [3.05, 3.63) is 59.8 Å². The molecule has 0 aromatic heterocycles. The van der Waals surface area contributed by atoms with Crippen LogP contribution in [0.25, 0.3) is 0 Å². The zero-order chi connectivity index (χ0) is 25.6. The summed E-state index contributed by atoms with van der Waals surface area (Å²) in [5, 5.41) is 3.40. The Kier molecular flexibility index (Phi) is 9.20. The fraction of sp³-hybridized carbons (Fsp3) is 0.667. The van der Waals surface area contributed by atoms with E-state index >= 15 is 0 Å². The number of fused-ring (bicyclic) bond motifs is 2. The molecule has 4 unspecified atom stereocenters. The average molecular weight is 504 g/mol. The van der Waals surface area contributed by atoms with Crippen LogP contribution in [-0.2, 0) is 4.79 Å². The molecule has 202 valence electrons. The smallest absolute Gasteiger partial charge is 0.227 e. The molecule has 5 aliphatic rings. The molecular formula is C33H49N3O. The van der Waals surface area contributed by atoms with Crippen molar-refractivity contribution < 1.29 is 4.79 Å². The number of amides is 1. The van der Waals surface area contributed by atoms with Gasteiger partial charge in [0.25, 0.3) is 0 Å². The number of allylic oxidation sites excluding steroid dienone is 4. The topological polar surface area (TPSA) is 35.6 Å². The van der Waals surface area contributed by atoms with E-state index in [1.54, 1.807) is 5.57 Å². The first-order chi connectivity index (χ1) is 18.2. The second kappa shape index (κ2) is 12.8. The van der Waals surface area contributed by atoms with Crippen molar-refractivity contribution in [3.63, 3.8) is 0 Å². The van der Waals surface area contributed by atoms with Gasteiger partial charge in [-0.15, -0.1) is 6.58 Å². The Balaban J connectivity index is 1.35. The van der Waals surface area contributed by atoms with Gasteiger partial charge in [-0.05, 0) is 68.9 Å². The van der Waals surface area contributed by atoms with Gasteiger partial charge in [0.05, 0.1) is 12.0 Å². The minimum absolute atomic E-state index is 0.0250. The maximum Gasteiger partial charge on any atom is 0.227 e. The summed E-state index contributed by atoms with van der Waals surface area (Å²) in [7, 11) is 0. The Morgan fingerprint density at radius 3 is 2.65 bits per heavy atom. The second-order valence-electron chi connectivity index (χ2n) is 12.1. The molecule has 3 aliphatic carbocycles. The van der Waals surface area contributed by atoms with Gasteiger partial charge in [0, 0.05) is 37.8 Å². The molecule has 0 spiro atoms. The fourth-order valence-electron chi connectivity index (χ4n) is 7.55. The van der Waals surface area contributed by atoms with Gasteiger partial charge < -0.3 is 5.32 Å². The number of hydrogen-bond donors (Lipinski definition) is 1. The van der Waals surface area contributed by atoms with Crippen molar-refractivity contribution >= 4 is 5.91 Å². The van der Waals surface area contributed by atoms with Crippen LogP contribution in [0.3, 0.4) is 0 Å². The van der Waals surface area contributed by atoms with Gasteiger partial charge in [-0.3, -0.25) is 14.6 Å². The normalized spacial score (nSPS) is 30.5. The first kappa shape index (κ1) is 26.7. The van der Waals surface area contributed by atoms with E-state index in [9.17, 15) is 4.79 Å². The summed E-state index contributed by atoms with van der Waals surface area (Å²) in [5.41, 5.74) is 4.50. The molecule has 4 heteroatoms. The van der Waals surface area contributed by atoms with Crippen LogP contribution in [0.15, 0.2) is 59.8 Å². The molecule has 1 saturated carbocycles. The number of nitrogens with zero attached hydrogens (tertiary/aromatic N) is 2. The first-order valence-corrected chi connectivity index (χ1v) is 15.3. The van der Waals surface area contributed by atoms with E-state index in [0.29, 0.717) is 24.2 Å². The first-order valence-electron chi connectivity index (χ1n) is 15.3. The minimum atomic E-state index is -0.0250. The lowest BCUT2D eigenvalue weighted by atomic mass is 9.83. The quantitative estimate of drug-likeness (QED) is 0.304. The summed E-state index contributed by atoms with van der Waals surface area (Å²) in [5.74, 6) is 0.209. The molecule has 2 heterocycles. The van der Waals surface area contributed by atoms with E-state index < -0.39 is 0 Å². The molecule has 4 atom stereocenters. The maximum atomic E-state index is 13.2. The summed E-state index contributed by atoms with van der Waals surface area (Å²) in [6, 6.07) is 1.96. The summed E-state index contributed by atoms with van der Waals surface area (Å²) < 4.78 is 0. The number of hydrogen-bond acceptors (Lipinski definition) is 3. The highest BCUT2D eigenvalue weighted by molar-refractivity contribution is 5.81. The van der Waals surface area contributed by atoms with Crippen LogP contribution in [0.1, 0.15) is 90.4 Å². The lowest BCUT2D eigenvalue weighted by Gasteiger charge is -2.40. The summed E-state index contributed by atoms with van der Waals surface area (Å²) in [6.07, 6.45) is 29.5. The molecule has 2 saturated heterocycles. The Hall–Kier alpha value is -1.91. The van der Waals surface area contributed by atoms with E-state index in [2.05, 4.69) is 65.1 Å². The average Bonchev–Trinajstić information content (AvgIpc) is 3.05. The number of nitrogens with one attached hydrogen (secondary N) is 1. The van der Waals surface area contributed by atoms with Gasteiger partial charge in [0.2, 0.25) is 5.91 Å². The Morgan fingerprint density at radius 2 is 1.92 bits per heavy atom. The van der Waals surface area contributed by atoms with Crippen LogP contribution in [0.4, 0.5) is 0 Å². The molecule has 0 aromatic carbocycles. The number of likely N-dealkylation sites (tertiary alicyclic amines) is 1. The van der Waals surface area contributed by atoms with Gasteiger partial charge in [-0.1, -0.05) is 74.6 Å². The van der Waals surface area contributed by atoms with E-state index in [4.69, 9.17) is 0 Å². The van der Waals surface area contributed by atoms with Crippen molar-refractivity contribution in [3.8, 4) is 0 Å². The zero-order valence-electron chi connectivity index (χ0n) is 23.2. The largest absolute Gasteiger partial charge is 0.353 e. The fourth-order valence-corrected chi connectivity index (χ4v) is 7.55. The second-order valence-corrected chi connectivity index (χ2v) is 12.1. The van der Waals surface area contributed by atoms with Gasteiger partial charge in [0.15, 0.2) is 0 Å². The number of rotatable bonds is 8. The molecule has 1 amide bonds. The van der Waals surface area contributed by atoms with E-state index in [0.717, 1.165) is 51.6 Å². The Bertz CT molecular complexity index is 935. The third-order valence-electron chi connectivity index (χ3n) is 9.56. The molecule has 3 fully saturated rings. The molecular weight excluding hydrogens is 454 g/mol. The highest BCUT2D eigenvalue weighted by Gasteiger charge is 2.43. The monoisotopic (exact) mass is 503 g/mol. The molecule has 4 nitrogen and oxygen atoms in total. The predicted octanol–water partition coefficient (Wildman–Crippen LogP) is 6.48. The van der Waals surface area contributed by atoms with E-state index in [1.807, 2.05) is 0 Å². The van der Waals surface area contributed by atoms with Crippen LogP contribution in [0, 0.1) is 5.92 Å². The number of carbonyl (C=O) groups is 1. The number of carbonyl (C=O) groups excluding carboxylic acids is 1. The highest BCUT2D eigenvalue weighted by atomic mass is 16.1. The van der Waals surface area contributed by atoms with Crippen LogP contribution < -0.4 is 5.32 Å². The van der Waals surface area contributed by atoms with Crippen molar-refractivity contribution in [2.45, 2.75) is 115 Å². The van der Waals surface area contributed by atoms with Crippen molar-refractivity contribution in [1.29, 1.82) is 0 Å². The summed E-state index contributed by atoms with van der Waals surface area (Å²) in [4.78, 5) is 18.7. The summed E-state index contributed by atoms with van der Waals surface area (Å²) in [6.45, 7) is 9.60. The third kappa shape index (κ3) is 6.40. The lowest BCUT2D eigenvalue weighted by molar-refractivity contribution is -0.124. The highest BCUT2D eigenvalue weighted by Crippen LogP contribution is 2.40. The molecule has 1 N–H and O–H groups in total. The molecule has 5 rings (SSSR count). The molecule has 2 bridgehead atoms. The maximum absolute atomic E-state index is 13.2.